The highest BCUT2D eigenvalue weighted by atomic mass is 79.9. The maximum atomic E-state index is 12.7. The summed E-state index contributed by atoms with van der Waals surface area (Å²) >= 11 is 3.25. The Balaban J connectivity index is 2.08. The number of amides is 1. The van der Waals surface area contributed by atoms with Crippen molar-refractivity contribution in [2.45, 2.75) is 29.9 Å². The Labute approximate surface area is 111 Å². The summed E-state index contributed by atoms with van der Waals surface area (Å²) < 4.78 is 38.0. The van der Waals surface area contributed by atoms with Crippen LogP contribution in [0.1, 0.15) is 28.8 Å². The molecule has 0 atom stereocenters. The van der Waals surface area contributed by atoms with Gasteiger partial charge in [0.1, 0.15) is 5.54 Å². The molecule has 1 N–H and O–H groups in total. The molecule has 1 aliphatic rings. The number of hydrogen-bond donors (Lipinski definition) is 1. The van der Waals surface area contributed by atoms with Crippen molar-refractivity contribution in [2.75, 3.05) is 0 Å². The summed E-state index contributed by atoms with van der Waals surface area (Å²) in [6.45, 7) is 0. The molecule has 0 saturated heterocycles. The highest BCUT2D eigenvalue weighted by molar-refractivity contribution is 9.08. The van der Waals surface area contributed by atoms with Crippen molar-refractivity contribution in [1.29, 1.82) is 0 Å². The summed E-state index contributed by atoms with van der Waals surface area (Å²) in [7, 11) is 0. The van der Waals surface area contributed by atoms with E-state index in [-0.39, 0.29) is 18.4 Å². The van der Waals surface area contributed by atoms with E-state index in [1.54, 1.807) is 12.1 Å². The zero-order valence-corrected chi connectivity index (χ0v) is 10.9. The maximum absolute atomic E-state index is 12.7. The first kappa shape index (κ1) is 13.4. The quantitative estimate of drug-likeness (QED) is 0.849. The highest BCUT2D eigenvalue weighted by Crippen LogP contribution is 2.49. The zero-order valence-electron chi connectivity index (χ0n) is 9.35. The van der Waals surface area contributed by atoms with Crippen LogP contribution in [0.5, 0.6) is 0 Å². The molecule has 1 aliphatic carbocycles. The van der Waals surface area contributed by atoms with Gasteiger partial charge >= 0.3 is 6.18 Å². The lowest BCUT2D eigenvalue weighted by Gasteiger charge is -2.20. The molecule has 0 spiro atoms. The molecule has 1 saturated carbocycles. The first-order valence-corrected chi connectivity index (χ1v) is 6.54. The molecule has 1 fully saturated rings. The molecule has 1 aromatic carbocycles. The van der Waals surface area contributed by atoms with Gasteiger partial charge in [-0.2, -0.15) is 13.2 Å². The lowest BCUT2D eigenvalue weighted by atomic mass is 10.1. The molecule has 1 amide bonds. The smallest absolute Gasteiger partial charge is 0.338 e. The largest absolute Gasteiger partial charge is 0.411 e. The van der Waals surface area contributed by atoms with Crippen molar-refractivity contribution in [3.8, 4) is 0 Å². The molecule has 98 valence electrons. The van der Waals surface area contributed by atoms with E-state index < -0.39 is 17.6 Å². The number of carbonyl (C=O) groups is 1. The summed E-state index contributed by atoms with van der Waals surface area (Å²) in [4.78, 5) is 11.7. The van der Waals surface area contributed by atoms with E-state index in [1.165, 1.54) is 12.1 Å². The Bertz CT molecular complexity index is 451. The number of benzene rings is 1. The minimum atomic E-state index is -4.38. The third kappa shape index (κ3) is 2.53. The summed E-state index contributed by atoms with van der Waals surface area (Å²) in [6, 6.07) is 6.46. The topological polar surface area (TPSA) is 29.1 Å². The lowest BCUT2D eigenvalue weighted by molar-refractivity contribution is -0.163. The van der Waals surface area contributed by atoms with E-state index in [0.29, 0.717) is 5.33 Å². The molecule has 0 aliphatic heterocycles. The number of alkyl halides is 4. The van der Waals surface area contributed by atoms with Gasteiger partial charge in [-0.25, -0.2) is 0 Å². The van der Waals surface area contributed by atoms with Gasteiger partial charge in [-0.1, -0.05) is 28.1 Å². The molecule has 6 heteroatoms. The minimum absolute atomic E-state index is 0.0400. The Morgan fingerprint density at radius 3 is 2.22 bits per heavy atom. The molecule has 0 bridgehead atoms. The van der Waals surface area contributed by atoms with Crippen molar-refractivity contribution in [3.63, 3.8) is 0 Å². The third-order valence-corrected chi connectivity index (χ3v) is 3.66. The van der Waals surface area contributed by atoms with Crippen LogP contribution in [0.15, 0.2) is 24.3 Å². The van der Waals surface area contributed by atoms with Gasteiger partial charge in [0.05, 0.1) is 0 Å². The number of halogens is 4. The van der Waals surface area contributed by atoms with Crippen LogP contribution in [-0.2, 0) is 5.33 Å². The molecular weight excluding hydrogens is 311 g/mol. The molecule has 0 unspecified atom stereocenters. The maximum Gasteiger partial charge on any atom is 0.411 e. The van der Waals surface area contributed by atoms with Crippen LogP contribution < -0.4 is 5.32 Å². The molecule has 0 radical (unpaired) electrons. The lowest BCUT2D eigenvalue weighted by Crippen LogP contribution is -2.47. The number of rotatable bonds is 3. The molecular formula is C12H11BrF3NO. The number of nitrogens with one attached hydrogen (secondary N) is 1. The van der Waals surface area contributed by atoms with E-state index in [1.807, 2.05) is 0 Å². The fourth-order valence-electron chi connectivity index (χ4n) is 1.64. The molecule has 1 aromatic rings. The Hall–Kier alpha value is -1.04. The highest BCUT2D eigenvalue weighted by Gasteiger charge is 2.64. The van der Waals surface area contributed by atoms with Crippen LogP contribution >= 0.6 is 15.9 Å². The Kier molecular flexibility index (Phi) is 3.40. The fraction of sp³-hybridized carbons (Fsp3) is 0.417. The molecule has 18 heavy (non-hydrogen) atoms. The second-order valence-corrected chi connectivity index (χ2v) is 4.93. The van der Waals surface area contributed by atoms with Crippen LogP contribution in [-0.4, -0.2) is 17.6 Å². The summed E-state index contributed by atoms with van der Waals surface area (Å²) in [5.74, 6) is -0.675. The summed E-state index contributed by atoms with van der Waals surface area (Å²) in [5.41, 5.74) is -0.795. The second-order valence-electron chi connectivity index (χ2n) is 4.36. The predicted molar refractivity (Wildman–Crippen MR) is 64.6 cm³/mol. The fourth-order valence-corrected chi connectivity index (χ4v) is 2.01. The SMILES string of the molecule is O=C(NC1(C(F)(F)F)CC1)c1ccc(CBr)cc1. The van der Waals surface area contributed by atoms with Gasteiger partial charge in [0, 0.05) is 10.9 Å². The van der Waals surface area contributed by atoms with Gasteiger partial charge < -0.3 is 5.32 Å². The average Bonchev–Trinajstić information content (AvgIpc) is 3.09. The monoisotopic (exact) mass is 321 g/mol. The van der Waals surface area contributed by atoms with Crippen LogP contribution in [0.2, 0.25) is 0 Å². The van der Waals surface area contributed by atoms with Crippen molar-refractivity contribution < 1.29 is 18.0 Å². The summed E-state index contributed by atoms with van der Waals surface area (Å²) in [6.07, 6.45) is -4.46. The number of carbonyl (C=O) groups excluding carboxylic acids is 1. The minimum Gasteiger partial charge on any atom is -0.338 e. The van der Waals surface area contributed by atoms with Gasteiger partial charge in [0.25, 0.3) is 5.91 Å². The predicted octanol–water partition coefficient (Wildman–Crippen LogP) is 3.41. The van der Waals surface area contributed by atoms with Crippen LogP contribution in [0.4, 0.5) is 13.2 Å². The van der Waals surface area contributed by atoms with Crippen molar-refractivity contribution in [2.24, 2.45) is 0 Å². The van der Waals surface area contributed by atoms with E-state index >= 15 is 0 Å². The van der Waals surface area contributed by atoms with E-state index in [0.717, 1.165) is 5.56 Å². The van der Waals surface area contributed by atoms with E-state index in [4.69, 9.17) is 0 Å². The van der Waals surface area contributed by atoms with Gasteiger partial charge in [-0.05, 0) is 30.5 Å². The standard InChI is InChI=1S/C12H11BrF3NO/c13-7-8-1-3-9(4-2-8)10(18)17-11(5-6-11)12(14,15)16/h1-4H,5-7H2,(H,17,18). The second kappa shape index (κ2) is 4.57. The molecule has 0 aromatic heterocycles. The third-order valence-electron chi connectivity index (χ3n) is 3.02. The average molecular weight is 322 g/mol. The molecule has 0 heterocycles. The number of hydrogen-bond acceptors (Lipinski definition) is 1. The van der Waals surface area contributed by atoms with Gasteiger partial charge in [0.15, 0.2) is 0 Å². The first-order valence-electron chi connectivity index (χ1n) is 5.42. The molecule has 2 rings (SSSR count). The van der Waals surface area contributed by atoms with Gasteiger partial charge in [0.2, 0.25) is 0 Å². The van der Waals surface area contributed by atoms with E-state index in [2.05, 4.69) is 21.2 Å². The zero-order chi connectivity index (χ0) is 13.4. The van der Waals surface area contributed by atoms with Crippen molar-refractivity contribution in [3.05, 3.63) is 35.4 Å². The van der Waals surface area contributed by atoms with Crippen molar-refractivity contribution >= 4 is 21.8 Å². The molecule has 2 nitrogen and oxygen atoms in total. The first-order chi connectivity index (χ1) is 8.38. The van der Waals surface area contributed by atoms with Crippen LogP contribution in [0.3, 0.4) is 0 Å². The Morgan fingerprint density at radius 1 is 1.28 bits per heavy atom. The van der Waals surface area contributed by atoms with Crippen LogP contribution in [0, 0.1) is 0 Å². The normalized spacial score (nSPS) is 17.3. The van der Waals surface area contributed by atoms with Gasteiger partial charge in [-0.3, -0.25) is 4.79 Å². The Morgan fingerprint density at radius 2 is 1.83 bits per heavy atom. The summed E-state index contributed by atoms with van der Waals surface area (Å²) in [5, 5.41) is 2.73. The van der Waals surface area contributed by atoms with Crippen molar-refractivity contribution in [1.82, 2.24) is 5.32 Å². The van der Waals surface area contributed by atoms with Crippen LogP contribution in [0.25, 0.3) is 0 Å². The van der Waals surface area contributed by atoms with E-state index in [9.17, 15) is 18.0 Å². The van der Waals surface area contributed by atoms with Gasteiger partial charge in [-0.15, -0.1) is 0 Å².